The highest BCUT2D eigenvalue weighted by Crippen LogP contribution is 2.24. The third-order valence-corrected chi connectivity index (χ3v) is 5.21. The quantitative estimate of drug-likeness (QED) is 0.596. The molecule has 1 fully saturated rings. The molecule has 1 aromatic heterocycles. The van der Waals surface area contributed by atoms with Gasteiger partial charge in [-0.25, -0.2) is 0 Å². The number of nitrogens with one attached hydrogen (secondary N) is 2. The third kappa shape index (κ3) is 4.21. The van der Waals surface area contributed by atoms with Crippen LogP contribution in [0.25, 0.3) is 22.8 Å². The SMILES string of the molecule is CC[C@H](NC(=O)[C@H]1NCC[C@@H]1O)c1ccc(-c2noc(-c3ccccc3)n2)cc1. The van der Waals surface area contributed by atoms with Gasteiger partial charge in [-0.05, 0) is 37.1 Å². The zero-order chi connectivity index (χ0) is 20.2. The molecular formula is C22H24N4O3. The summed E-state index contributed by atoms with van der Waals surface area (Å²) in [5.74, 6) is 0.827. The Kier molecular flexibility index (Phi) is 5.69. The minimum absolute atomic E-state index is 0.128. The van der Waals surface area contributed by atoms with Crippen LogP contribution in [0.15, 0.2) is 59.1 Å². The van der Waals surface area contributed by atoms with Crippen LogP contribution in [-0.2, 0) is 4.79 Å². The van der Waals surface area contributed by atoms with Crippen LogP contribution in [0, 0.1) is 0 Å². The topological polar surface area (TPSA) is 100 Å². The van der Waals surface area contributed by atoms with Gasteiger partial charge < -0.3 is 20.3 Å². The Balaban J connectivity index is 1.47. The predicted octanol–water partition coefficient (Wildman–Crippen LogP) is 2.69. The number of nitrogens with zero attached hydrogens (tertiary/aromatic N) is 2. The molecule has 0 bridgehead atoms. The first-order valence-corrected chi connectivity index (χ1v) is 9.87. The van der Waals surface area contributed by atoms with E-state index in [1.54, 1.807) is 0 Å². The molecule has 150 valence electrons. The average molecular weight is 392 g/mol. The van der Waals surface area contributed by atoms with Gasteiger partial charge >= 0.3 is 0 Å². The van der Waals surface area contributed by atoms with Gasteiger partial charge in [-0.15, -0.1) is 0 Å². The van der Waals surface area contributed by atoms with Gasteiger partial charge in [-0.3, -0.25) is 4.79 Å². The molecule has 0 saturated carbocycles. The Morgan fingerprint density at radius 2 is 1.97 bits per heavy atom. The Bertz CT molecular complexity index is 956. The maximum atomic E-state index is 12.5. The fourth-order valence-corrected chi connectivity index (χ4v) is 3.54. The highest BCUT2D eigenvalue weighted by molar-refractivity contribution is 5.83. The first kappa shape index (κ1) is 19.3. The number of aromatic nitrogens is 2. The Morgan fingerprint density at radius 3 is 2.62 bits per heavy atom. The minimum atomic E-state index is -0.632. The second-order valence-corrected chi connectivity index (χ2v) is 7.17. The van der Waals surface area contributed by atoms with E-state index in [9.17, 15) is 9.90 Å². The Hall–Kier alpha value is -3.03. The molecule has 1 aliphatic rings. The highest BCUT2D eigenvalue weighted by atomic mass is 16.5. The van der Waals surface area contributed by atoms with Crippen molar-refractivity contribution < 1.29 is 14.4 Å². The molecule has 29 heavy (non-hydrogen) atoms. The molecule has 7 heteroatoms. The molecule has 0 radical (unpaired) electrons. The third-order valence-electron chi connectivity index (χ3n) is 5.21. The zero-order valence-electron chi connectivity index (χ0n) is 16.2. The van der Waals surface area contributed by atoms with Gasteiger partial charge in [0, 0.05) is 11.1 Å². The summed E-state index contributed by atoms with van der Waals surface area (Å²) in [6.45, 7) is 2.67. The first-order chi connectivity index (χ1) is 14.2. The van der Waals surface area contributed by atoms with Gasteiger partial charge in [-0.2, -0.15) is 4.98 Å². The molecule has 0 unspecified atom stereocenters. The van der Waals surface area contributed by atoms with E-state index in [1.807, 2.05) is 61.5 Å². The van der Waals surface area contributed by atoms with E-state index in [0.717, 1.165) is 23.1 Å². The van der Waals surface area contributed by atoms with Crippen LogP contribution < -0.4 is 10.6 Å². The number of aliphatic hydroxyl groups is 1. The minimum Gasteiger partial charge on any atom is -0.391 e. The fraction of sp³-hybridized carbons (Fsp3) is 0.318. The van der Waals surface area contributed by atoms with E-state index < -0.39 is 12.1 Å². The summed E-state index contributed by atoms with van der Waals surface area (Å²) in [5, 5.41) is 20.1. The fourth-order valence-electron chi connectivity index (χ4n) is 3.54. The number of carbonyl (C=O) groups is 1. The van der Waals surface area contributed by atoms with Crippen LogP contribution in [0.4, 0.5) is 0 Å². The molecule has 3 aromatic rings. The predicted molar refractivity (Wildman–Crippen MR) is 109 cm³/mol. The van der Waals surface area contributed by atoms with Crippen LogP contribution in [0.5, 0.6) is 0 Å². The van der Waals surface area contributed by atoms with Crippen molar-refractivity contribution in [2.45, 2.75) is 38.0 Å². The molecule has 1 saturated heterocycles. The zero-order valence-corrected chi connectivity index (χ0v) is 16.2. The van der Waals surface area contributed by atoms with Gasteiger partial charge in [0.2, 0.25) is 11.7 Å². The summed E-state index contributed by atoms with van der Waals surface area (Å²) in [4.78, 5) is 16.9. The smallest absolute Gasteiger partial charge is 0.258 e. The van der Waals surface area contributed by atoms with Gasteiger partial charge in [0.25, 0.3) is 5.89 Å². The van der Waals surface area contributed by atoms with Crippen molar-refractivity contribution in [3.05, 3.63) is 60.2 Å². The molecule has 2 aromatic carbocycles. The van der Waals surface area contributed by atoms with Crippen molar-refractivity contribution in [2.24, 2.45) is 0 Å². The molecule has 4 rings (SSSR count). The second kappa shape index (κ2) is 8.55. The van der Waals surface area contributed by atoms with E-state index in [0.29, 0.717) is 24.7 Å². The lowest BCUT2D eigenvalue weighted by molar-refractivity contribution is -0.125. The average Bonchev–Trinajstić information content (AvgIpc) is 3.42. The molecule has 0 spiro atoms. The number of rotatable bonds is 6. The molecule has 1 aliphatic heterocycles. The summed E-state index contributed by atoms with van der Waals surface area (Å²) >= 11 is 0. The number of benzene rings is 2. The number of amides is 1. The Labute approximate surface area is 169 Å². The normalized spacial score (nSPS) is 19.8. The van der Waals surface area contributed by atoms with Crippen molar-refractivity contribution in [1.82, 2.24) is 20.8 Å². The number of hydrogen-bond donors (Lipinski definition) is 3. The summed E-state index contributed by atoms with van der Waals surface area (Å²) in [5.41, 5.74) is 2.71. The molecule has 7 nitrogen and oxygen atoms in total. The maximum Gasteiger partial charge on any atom is 0.258 e. The molecular weight excluding hydrogens is 368 g/mol. The van der Waals surface area contributed by atoms with E-state index in [4.69, 9.17) is 4.52 Å². The van der Waals surface area contributed by atoms with Crippen molar-refractivity contribution in [3.63, 3.8) is 0 Å². The molecule has 3 N–H and O–H groups in total. The van der Waals surface area contributed by atoms with Crippen LogP contribution in [0.2, 0.25) is 0 Å². The standard InChI is InChI=1S/C22H24N4O3/c1-2-17(24-21(28)19-18(27)12-13-23-19)14-8-10-15(11-9-14)20-25-22(29-26-20)16-6-4-3-5-7-16/h3-11,17-19,23,27H,2,12-13H2,1H3,(H,24,28)/t17-,18-,19-/m0/s1. The lowest BCUT2D eigenvalue weighted by Crippen LogP contribution is -2.46. The second-order valence-electron chi connectivity index (χ2n) is 7.17. The van der Waals surface area contributed by atoms with Crippen molar-refractivity contribution >= 4 is 5.91 Å². The highest BCUT2D eigenvalue weighted by Gasteiger charge is 2.32. The van der Waals surface area contributed by atoms with Crippen LogP contribution in [0.3, 0.4) is 0 Å². The summed E-state index contributed by atoms with van der Waals surface area (Å²) in [6, 6.07) is 16.7. The van der Waals surface area contributed by atoms with Crippen LogP contribution in [-0.4, -0.2) is 39.8 Å². The van der Waals surface area contributed by atoms with Crippen molar-refractivity contribution in [1.29, 1.82) is 0 Å². The summed E-state index contributed by atoms with van der Waals surface area (Å²) < 4.78 is 5.37. The lowest BCUT2D eigenvalue weighted by atomic mass is 10.0. The van der Waals surface area contributed by atoms with Gasteiger partial charge in [0.1, 0.15) is 6.04 Å². The molecule has 1 amide bonds. The number of hydrogen-bond acceptors (Lipinski definition) is 6. The largest absolute Gasteiger partial charge is 0.391 e. The van der Waals surface area contributed by atoms with E-state index in [2.05, 4.69) is 20.8 Å². The van der Waals surface area contributed by atoms with Crippen molar-refractivity contribution in [2.75, 3.05) is 6.54 Å². The lowest BCUT2D eigenvalue weighted by Gasteiger charge is -2.21. The van der Waals surface area contributed by atoms with Gasteiger partial charge in [0.15, 0.2) is 0 Å². The summed E-state index contributed by atoms with van der Waals surface area (Å²) in [7, 11) is 0. The number of carbonyl (C=O) groups excluding carboxylic acids is 1. The molecule has 3 atom stereocenters. The van der Waals surface area contributed by atoms with E-state index in [-0.39, 0.29) is 11.9 Å². The Morgan fingerprint density at radius 1 is 1.21 bits per heavy atom. The molecule has 2 heterocycles. The van der Waals surface area contributed by atoms with Gasteiger partial charge in [-0.1, -0.05) is 54.5 Å². The van der Waals surface area contributed by atoms with Crippen LogP contribution in [0.1, 0.15) is 31.4 Å². The van der Waals surface area contributed by atoms with Gasteiger partial charge in [0.05, 0.1) is 12.1 Å². The van der Waals surface area contributed by atoms with E-state index >= 15 is 0 Å². The van der Waals surface area contributed by atoms with E-state index in [1.165, 1.54) is 0 Å². The molecule has 0 aliphatic carbocycles. The first-order valence-electron chi connectivity index (χ1n) is 9.87. The van der Waals surface area contributed by atoms with Crippen LogP contribution >= 0.6 is 0 Å². The van der Waals surface area contributed by atoms with Crippen molar-refractivity contribution in [3.8, 4) is 22.8 Å². The summed E-state index contributed by atoms with van der Waals surface area (Å²) in [6.07, 6.45) is 0.708. The maximum absolute atomic E-state index is 12.5. The monoisotopic (exact) mass is 392 g/mol. The number of aliphatic hydroxyl groups excluding tert-OH is 1.